The second-order valence-electron chi connectivity index (χ2n) is 6.86. The van der Waals surface area contributed by atoms with Gasteiger partial charge in [-0.25, -0.2) is 4.68 Å². The van der Waals surface area contributed by atoms with E-state index in [9.17, 15) is 4.79 Å². The lowest BCUT2D eigenvalue weighted by Gasteiger charge is -2.28. The molecule has 2 aromatic carbocycles. The first-order valence-electron chi connectivity index (χ1n) is 8.74. The molecule has 2 heterocycles. The fourth-order valence-electron chi connectivity index (χ4n) is 3.56. The molecule has 0 bridgehead atoms. The Labute approximate surface area is 146 Å². The van der Waals surface area contributed by atoms with E-state index in [1.54, 1.807) is 6.07 Å². The third-order valence-corrected chi connectivity index (χ3v) is 5.09. The number of benzene rings is 2. The average Bonchev–Trinajstić information content (AvgIpc) is 3.06. The van der Waals surface area contributed by atoms with E-state index in [4.69, 9.17) is 5.73 Å². The molecule has 3 aromatic rings. The highest BCUT2D eigenvalue weighted by Gasteiger charge is 2.19. The summed E-state index contributed by atoms with van der Waals surface area (Å²) < 4.78 is 1.81. The van der Waals surface area contributed by atoms with Gasteiger partial charge in [-0.2, -0.15) is 5.10 Å². The van der Waals surface area contributed by atoms with Crippen molar-refractivity contribution in [2.24, 2.45) is 5.73 Å². The molecule has 0 radical (unpaired) electrons. The van der Waals surface area contributed by atoms with Crippen LogP contribution >= 0.6 is 0 Å². The van der Waals surface area contributed by atoms with Crippen LogP contribution in [0.25, 0.3) is 16.6 Å². The van der Waals surface area contributed by atoms with Crippen LogP contribution in [0.1, 0.15) is 41.6 Å². The molecule has 0 spiro atoms. The first-order valence-corrected chi connectivity index (χ1v) is 8.74. The summed E-state index contributed by atoms with van der Waals surface area (Å²) >= 11 is 0. The molecule has 2 atom stereocenters. The van der Waals surface area contributed by atoms with Crippen molar-refractivity contribution < 1.29 is 4.79 Å². The number of carbonyl (C=O) groups is 1. The first-order chi connectivity index (χ1) is 12.1. The summed E-state index contributed by atoms with van der Waals surface area (Å²) in [6, 6.07) is 14.6. The van der Waals surface area contributed by atoms with Crippen LogP contribution in [-0.2, 0) is 0 Å². The van der Waals surface area contributed by atoms with E-state index < -0.39 is 5.91 Å². The van der Waals surface area contributed by atoms with Crippen molar-refractivity contribution in [1.29, 1.82) is 0 Å². The summed E-state index contributed by atoms with van der Waals surface area (Å²) in [5.74, 6) is 0.119. The third kappa shape index (κ3) is 3.03. The van der Waals surface area contributed by atoms with Gasteiger partial charge in [0.1, 0.15) is 5.52 Å². The summed E-state index contributed by atoms with van der Waals surface area (Å²) in [6.45, 7) is 3.27. The van der Waals surface area contributed by atoms with Crippen molar-refractivity contribution in [3.05, 3.63) is 59.8 Å². The van der Waals surface area contributed by atoms with Crippen molar-refractivity contribution >= 4 is 16.8 Å². The third-order valence-electron chi connectivity index (χ3n) is 5.09. The van der Waals surface area contributed by atoms with Gasteiger partial charge >= 0.3 is 0 Å². The van der Waals surface area contributed by atoms with Gasteiger partial charge < -0.3 is 11.1 Å². The van der Waals surface area contributed by atoms with Gasteiger partial charge in [-0.05, 0) is 49.4 Å². The van der Waals surface area contributed by atoms with Crippen LogP contribution < -0.4 is 11.1 Å². The van der Waals surface area contributed by atoms with Crippen molar-refractivity contribution in [3.63, 3.8) is 0 Å². The summed E-state index contributed by atoms with van der Waals surface area (Å²) in [5, 5.41) is 9.02. The summed E-state index contributed by atoms with van der Waals surface area (Å²) in [4.78, 5) is 11.6. The van der Waals surface area contributed by atoms with Crippen LogP contribution in [0.15, 0.2) is 48.7 Å². The van der Waals surface area contributed by atoms with Gasteiger partial charge in [-0.15, -0.1) is 0 Å². The molecule has 5 nitrogen and oxygen atoms in total. The first kappa shape index (κ1) is 15.8. The molecule has 5 heteroatoms. The Kier molecular flexibility index (Phi) is 4.01. The molecule has 1 aliphatic rings. The van der Waals surface area contributed by atoms with Crippen LogP contribution in [0.4, 0.5) is 0 Å². The molecule has 4 rings (SSSR count). The highest BCUT2D eigenvalue weighted by molar-refractivity contribution is 6.04. The van der Waals surface area contributed by atoms with E-state index in [1.165, 1.54) is 18.4 Å². The van der Waals surface area contributed by atoms with Gasteiger partial charge in [0.05, 0.1) is 11.3 Å². The van der Waals surface area contributed by atoms with Gasteiger partial charge in [-0.1, -0.05) is 24.3 Å². The van der Waals surface area contributed by atoms with Gasteiger partial charge in [0, 0.05) is 24.2 Å². The van der Waals surface area contributed by atoms with Gasteiger partial charge in [0.15, 0.2) is 0 Å². The Balaban J connectivity index is 1.63. The second kappa shape index (κ2) is 6.33. The van der Waals surface area contributed by atoms with Crippen LogP contribution in [0, 0.1) is 0 Å². The minimum absolute atomic E-state index is 0.453. The van der Waals surface area contributed by atoms with Crippen molar-refractivity contribution in [3.8, 4) is 5.69 Å². The van der Waals surface area contributed by atoms with E-state index in [2.05, 4.69) is 41.6 Å². The van der Waals surface area contributed by atoms with Crippen LogP contribution in [0.3, 0.4) is 0 Å². The molecule has 128 valence electrons. The van der Waals surface area contributed by atoms with Crippen LogP contribution in [-0.4, -0.2) is 28.3 Å². The van der Waals surface area contributed by atoms with E-state index in [0.29, 0.717) is 23.0 Å². The molecular weight excluding hydrogens is 312 g/mol. The number of fused-ring (bicyclic) bond motifs is 1. The molecule has 1 aliphatic heterocycles. The van der Waals surface area contributed by atoms with Gasteiger partial charge in [-0.3, -0.25) is 4.79 Å². The standard InChI is InChI=1S/C20H22N4O/c1-13-5-6-15(11-22-13)14-7-9-17(10-8-14)24-12-16-3-2-4-18(20(21)25)19(16)23-24/h2-4,7-10,12-13,15,22H,5-6,11H2,1H3,(H2,21,25)/t13?,15-/m1/s1. The number of amides is 1. The summed E-state index contributed by atoms with van der Waals surface area (Å²) in [6.07, 6.45) is 4.37. The lowest BCUT2D eigenvalue weighted by Crippen LogP contribution is -2.35. The fourth-order valence-corrected chi connectivity index (χ4v) is 3.56. The highest BCUT2D eigenvalue weighted by Crippen LogP contribution is 2.26. The maximum Gasteiger partial charge on any atom is 0.250 e. The zero-order valence-electron chi connectivity index (χ0n) is 14.3. The average molecular weight is 334 g/mol. The molecule has 3 N–H and O–H groups in total. The predicted molar refractivity (Wildman–Crippen MR) is 99.0 cm³/mol. The maximum absolute atomic E-state index is 11.6. The minimum Gasteiger partial charge on any atom is -0.366 e. The fraction of sp³-hybridized carbons (Fsp3) is 0.300. The summed E-state index contributed by atoms with van der Waals surface area (Å²) in [5.41, 5.74) is 8.88. The molecular formula is C20H22N4O. The normalized spacial score (nSPS) is 20.7. The van der Waals surface area contributed by atoms with E-state index in [1.807, 2.05) is 23.0 Å². The van der Waals surface area contributed by atoms with E-state index >= 15 is 0 Å². The molecule has 1 aromatic heterocycles. The number of rotatable bonds is 3. The van der Waals surface area contributed by atoms with Crippen molar-refractivity contribution in [2.45, 2.75) is 31.7 Å². The molecule has 1 amide bonds. The van der Waals surface area contributed by atoms with Crippen LogP contribution in [0.5, 0.6) is 0 Å². The van der Waals surface area contributed by atoms with E-state index in [0.717, 1.165) is 17.6 Å². The predicted octanol–water partition coefficient (Wildman–Crippen LogP) is 2.98. The quantitative estimate of drug-likeness (QED) is 0.773. The number of nitrogens with zero attached hydrogens (tertiary/aromatic N) is 2. The lowest BCUT2D eigenvalue weighted by atomic mass is 9.89. The number of carbonyl (C=O) groups excluding carboxylic acids is 1. The van der Waals surface area contributed by atoms with Gasteiger partial charge in [0.25, 0.3) is 5.91 Å². The number of aromatic nitrogens is 2. The smallest absolute Gasteiger partial charge is 0.250 e. The maximum atomic E-state index is 11.6. The number of hydrogen-bond donors (Lipinski definition) is 2. The number of hydrogen-bond acceptors (Lipinski definition) is 3. The topological polar surface area (TPSA) is 72.9 Å². The zero-order chi connectivity index (χ0) is 17.4. The zero-order valence-corrected chi connectivity index (χ0v) is 14.3. The van der Waals surface area contributed by atoms with Crippen molar-refractivity contribution in [2.75, 3.05) is 6.54 Å². The molecule has 25 heavy (non-hydrogen) atoms. The number of primary amides is 1. The minimum atomic E-state index is -0.453. The molecule has 0 saturated carbocycles. The second-order valence-corrected chi connectivity index (χ2v) is 6.86. The Morgan fingerprint density at radius 2 is 2.00 bits per heavy atom. The largest absolute Gasteiger partial charge is 0.366 e. The molecule has 1 saturated heterocycles. The number of nitrogens with two attached hydrogens (primary N) is 1. The highest BCUT2D eigenvalue weighted by atomic mass is 16.1. The van der Waals surface area contributed by atoms with Crippen molar-refractivity contribution in [1.82, 2.24) is 15.1 Å². The van der Waals surface area contributed by atoms with Gasteiger partial charge in [0.2, 0.25) is 0 Å². The molecule has 1 fully saturated rings. The molecule has 0 aliphatic carbocycles. The Morgan fingerprint density at radius 3 is 2.68 bits per heavy atom. The summed E-state index contributed by atoms with van der Waals surface area (Å²) in [7, 11) is 0. The monoisotopic (exact) mass is 334 g/mol. The Bertz CT molecular complexity index is 905. The number of nitrogens with one attached hydrogen (secondary N) is 1. The van der Waals surface area contributed by atoms with E-state index in [-0.39, 0.29) is 0 Å². The van der Waals surface area contributed by atoms with Crippen LogP contribution in [0.2, 0.25) is 0 Å². The number of piperidine rings is 1. The Morgan fingerprint density at radius 1 is 1.20 bits per heavy atom. The Hall–Kier alpha value is -2.66. The SMILES string of the molecule is CC1CC[C@@H](c2ccc(-n3cc4cccc(C(N)=O)c4n3)cc2)CN1. The molecule has 1 unspecified atom stereocenters. The lowest BCUT2D eigenvalue weighted by molar-refractivity contribution is 0.100.